The van der Waals surface area contributed by atoms with Crippen LogP contribution in [0.5, 0.6) is 11.5 Å². The molecule has 6 nitrogen and oxygen atoms in total. The Kier molecular flexibility index (Phi) is 10.9. The highest BCUT2D eigenvalue weighted by Crippen LogP contribution is 2.56. The highest BCUT2D eigenvalue weighted by molar-refractivity contribution is 5.80. The standard InChI is InChI=1S/C41H49NO5/c1-6-45-39(43)40(4,5)41(44)27-30(2)42(28-33-20-12-8-13-21-33)36-25-35(47-31(3)17-16-24-32-18-10-7-11-19-32)26-37(38(36)41)46-29-34-22-14-9-15-23-34/h7-15,18-23,25-26,30-31,44H,6,16-17,24,27-29H2,1-5H3. The Bertz CT molecular complexity index is 1590. The number of aliphatic hydroxyl groups is 1. The normalized spacial score (nSPS) is 18.3. The van der Waals surface area contributed by atoms with E-state index in [1.54, 1.807) is 20.8 Å². The Hall–Kier alpha value is -4.29. The van der Waals surface area contributed by atoms with E-state index in [-0.39, 0.29) is 18.8 Å². The number of hydrogen-bond donors (Lipinski definition) is 1. The first-order valence-electron chi connectivity index (χ1n) is 16.9. The molecule has 0 radical (unpaired) electrons. The molecule has 248 valence electrons. The van der Waals surface area contributed by atoms with Gasteiger partial charge in [-0.05, 0) is 70.6 Å². The van der Waals surface area contributed by atoms with Crippen molar-refractivity contribution in [3.05, 3.63) is 125 Å². The molecule has 1 aliphatic rings. The van der Waals surface area contributed by atoms with Gasteiger partial charge in [-0.2, -0.15) is 0 Å². The third kappa shape index (κ3) is 7.82. The van der Waals surface area contributed by atoms with Crippen molar-refractivity contribution >= 4 is 11.7 Å². The van der Waals surface area contributed by atoms with Crippen LogP contribution in [0, 0.1) is 5.41 Å². The van der Waals surface area contributed by atoms with Gasteiger partial charge in [0.05, 0.1) is 29.4 Å². The number of aryl methyl sites for hydroxylation is 1. The third-order valence-corrected chi connectivity index (χ3v) is 9.41. The highest BCUT2D eigenvalue weighted by Gasteiger charge is 2.57. The summed E-state index contributed by atoms with van der Waals surface area (Å²) in [5.74, 6) is 0.726. The molecule has 0 amide bonds. The monoisotopic (exact) mass is 635 g/mol. The number of benzene rings is 4. The van der Waals surface area contributed by atoms with E-state index < -0.39 is 17.0 Å². The number of esters is 1. The first kappa shape index (κ1) is 34.1. The lowest BCUT2D eigenvalue weighted by molar-refractivity contribution is -0.175. The van der Waals surface area contributed by atoms with Gasteiger partial charge in [0.25, 0.3) is 0 Å². The summed E-state index contributed by atoms with van der Waals surface area (Å²) in [6.45, 7) is 10.7. The van der Waals surface area contributed by atoms with Crippen molar-refractivity contribution in [2.45, 2.75) is 91.2 Å². The molecule has 47 heavy (non-hydrogen) atoms. The maximum Gasteiger partial charge on any atom is 0.314 e. The number of nitrogens with zero attached hydrogens (tertiary/aromatic N) is 1. The lowest BCUT2D eigenvalue weighted by atomic mass is 9.65. The van der Waals surface area contributed by atoms with Gasteiger partial charge in [0.2, 0.25) is 0 Å². The molecule has 3 atom stereocenters. The quantitative estimate of drug-likeness (QED) is 0.140. The zero-order chi connectivity index (χ0) is 33.4. The zero-order valence-electron chi connectivity index (χ0n) is 28.4. The summed E-state index contributed by atoms with van der Waals surface area (Å²) in [6, 6.07) is 34.6. The first-order chi connectivity index (χ1) is 22.6. The number of fused-ring (bicyclic) bond motifs is 1. The third-order valence-electron chi connectivity index (χ3n) is 9.41. The van der Waals surface area contributed by atoms with Gasteiger partial charge in [0.15, 0.2) is 0 Å². The van der Waals surface area contributed by atoms with E-state index in [1.165, 1.54) is 5.56 Å². The summed E-state index contributed by atoms with van der Waals surface area (Å²) < 4.78 is 18.7. The fourth-order valence-corrected chi connectivity index (χ4v) is 6.61. The largest absolute Gasteiger partial charge is 0.491 e. The molecule has 5 rings (SSSR count). The summed E-state index contributed by atoms with van der Waals surface area (Å²) in [7, 11) is 0. The van der Waals surface area contributed by atoms with Crippen LogP contribution in [0.2, 0.25) is 0 Å². The minimum atomic E-state index is -1.58. The van der Waals surface area contributed by atoms with Gasteiger partial charge in [-0.25, -0.2) is 0 Å². The molecule has 0 aromatic heterocycles. The SMILES string of the molecule is CCOC(=O)C(C)(C)C1(O)CC(C)N(Cc2ccccc2)c2cc(OC(C)CCCc3ccccc3)cc(OCc3ccccc3)c21. The van der Waals surface area contributed by atoms with Crippen molar-refractivity contribution < 1.29 is 24.1 Å². The summed E-state index contributed by atoms with van der Waals surface area (Å²) in [4.78, 5) is 15.8. The van der Waals surface area contributed by atoms with Gasteiger partial charge in [-0.15, -0.1) is 0 Å². The van der Waals surface area contributed by atoms with Crippen LogP contribution < -0.4 is 14.4 Å². The van der Waals surface area contributed by atoms with E-state index >= 15 is 0 Å². The molecule has 4 aromatic carbocycles. The average Bonchev–Trinajstić information content (AvgIpc) is 3.07. The van der Waals surface area contributed by atoms with Crippen molar-refractivity contribution in [1.29, 1.82) is 0 Å². The Morgan fingerprint density at radius 3 is 2.15 bits per heavy atom. The zero-order valence-corrected chi connectivity index (χ0v) is 28.4. The molecular formula is C41H49NO5. The van der Waals surface area contributed by atoms with E-state index in [9.17, 15) is 9.90 Å². The summed E-state index contributed by atoms with van der Waals surface area (Å²) in [5, 5.41) is 12.8. The molecule has 0 saturated heterocycles. The van der Waals surface area contributed by atoms with Crippen LogP contribution in [0.4, 0.5) is 5.69 Å². The second-order valence-electron chi connectivity index (χ2n) is 13.3. The maximum atomic E-state index is 13.5. The average molecular weight is 636 g/mol. The van der Waals surface area contributed by atoms with Crippen LogP contribution in [-0.2, 0) is 34.7 Å². The summed E-state index contributed by atoms with van der Waals surface area (Å²) >= 11 is 0. The van der Waals surface area contributed by atoms with Crippen molar-refractivity contribution in [3.8, 4) is 11.5 Å². The molecule has 0 aliphatic carbocycles. The van der Waals surface area contributed by atoms with Crippen LogP contribution in [0.3, 0.4) is 0 Å². The smallest absolute Gasteiger partial charge is 0.314 e. The Morgan fingerprint density at radius 1 is 0.936 bits per heavy atom. The van der Waals surface area contributed by atoms with Crippen LogP contribution in [0.15, 0.2) is 103 Å². The van der Waals surface area contributed by atoms with Crippen molar-refractivity contribution in [3.63, 3.8) is 0 Å². The van der Waals surface area contributed by atoms with E-state index in [1.807, 2.05) is 66.7 Å². The number of carbonyl (C=O) groups is 1. The molecule has 0 bridgehead atoms. The van der Waals surface area contributed by atoms with E-state index in [0.29, 0.717) is 36.6 Å². The van der Waals surface area contributed by atoms with Crippen LogP contribution in [-0.4, -0.2) is 29.8 Å². The van der Waals surface area contributed by atoms with Crippen LogP contribution in [0.25, 0.3) is 0 Å². The molecule has 6 heteroatoms. The van der Waals surface area contributed by atoms with Crippen molar-refractivity contribution in [1.82, 2.24) is 0 Å². The van der Waals surface area contributed by atoms with Crippen LogP contribution >= 0.6 is 0 Å². The van der Waals surface area contributed by atoms with Crippen molar-refractivity contribution in [2.75, 3.05) is 11.5 Å². The van der Waals surface area contributed by atoms with Gasteiger partial charge in [0.1, 0.15) is 23.7 Å². The van der Waals surface area contributed by atoms with E-state index in [0.717, 1.165) is 36.1 Å². The molecule has 1 heterocycles. The number of carbonyl (C=O) groups excluding carboxylic acids is 1. The van der Waals surface area contributed by atoms with Gasteiger partial charge in [0, 0.05) is 31.1 Å². The second-order valence-corrected chi connectivity index (χ2v) is 13.3. The Balaban J connectivity index is 1.57. The van der Waals surface area contributed by atoms with E-state index in [2.05, 4.69) is 55.1 Å². The Labute approximate surface area is 280 Å². The molecule has 1 N–H and O–H groups in total. The lowest BCUT2D eigenvalue weighted by Crippen LogP contribution is -2.55. The Morgan fingerprint density at radius 2 is 1.53 bits per heavy atom. The highest BCUT2D eigenvalue weighted by atomic mass is 16.5. The molecule has 0 saturated carbocycles. The van der Waals surface area contributed by atoms with Gasteiger partial charge >= 0.3 is 5.97 Å². The number of rotatable bonds is 14. The topological polar surface area (TPSA) is 68.2 Å². The predicted molar refractivity (Wildman–Crippen MR) is 188 cm³/mol. The number of ether oxygens (including phenoxy) is 3. The molecular weight excluding hydrogens is 586 g/mol. The fraction of sp³-hybridized carbons (Fsp3) is 0.390. The van der Waals surface area contributed by atoms with E-state index in [4.69, 9.17) is 14.2 Å². The van der Waals surface area contributed by atoms with Crippen molar-refractivity contribution in [2.24, 2.45) is 5.41 Å². The molecule has 0 spiro atoms. The second kappa shape index (κ2) is 15.1. The predicted octanol–water partition coefficient (Wildman–Crippen LogP) is 8.63. The minimum absolute atomic E-state index is 0.0443. The maximum absolute atomic E-state index is 13.5. The number of anilines is 1. The first-order valence-corrected chi connectivity index (χ1v) is 16.9. The molecule has 3 unspecified atom stereocenters. The lowest BCUT2D eigenvalue weighted by Gasteiger charge is -2.51. The number of hydrogen-bond acceptors (Lipinski definition) is 6. The summed E-state index contributed by atoms with van der Waals surface area (Å²) in [5.41, 5.74) is 2.01. The summed E-state index contributed by atoms with van der Waals surface area (Å²) in [6.07, 6.45) is 3.14. The molecule has 4 aromatic rings. The van der Waals surface area contributed by atoms with Gasteiger partial charge in [-0.3, -0.25) is 4.79 Å². The molecule has 0 fully saturated rings. The fourth-order valence-electron chi connectivity index (χ4n) is 6.61. The van der Waals surface area contributed by atoms with Gasteiger partial charge in [-0.1, -0.05) is 91.0 Å². The molecule has 1 aliphatic heterocycles. The minimum Gasteiger partial charge on any atom is -0.491 e. The van der Waals surface area contributed by atoms with Crippen LogP contribution in [0.1, 0.15) is 76.1 Å². The van der Waals surface area contributed by atoms with Gasteiger partial charge < -0.3 is 24.2 Å².